The molecule has 0 spiro atoms. The molecule has 0 amide bonds. The Balaban J connectivity index is 1.10. The molecule has 0 atom stereocenters. The van der Waals surface area contributed by atoms with E-state index in [1.165, 1.54) is 223 Å². The van der Waals surface area contributed by atoms with E-state index in [4.69, 9.17) is 0 Å². The lowest BCUT2D eigenvalue weighted by atomic mass is 10.0. The first-order valence-corrected chi connectivity index (χ1v) is 22.8. The zero-order valence-corrected chi connectivity index (χ0v) is 33.9. The molecule has 0 aliphatic carbocycles. The zero-order valence-electron chi connectivity index (χ0n) is 33.9. The molecule has 0 saturated carbocycles. The SMILES string of the molecule is CCCCCCCCCCCCCCCCn1c2ccccc2c2cc3c(cc21)c1ccccc1n3CCCCCCCCCCCCCCCC. The lowest BCUT2D eigenvalue weighted by molar-refractivity contribution is 0.528. The number of aryl methyl sites for hydroxylation is 2. The van der Waals surface area contributed by atoms with Crippen molar-refractivity contribution in [2.45, 2.75) is 207 Å². The van der Waals surface area contributed by atoms with E-state index < -0.39 is 0 Å². The highest BCUT2D eigenvalue weighted by molar-refractivity contribution is 6.17. The molecule has 2 heterocycles. The highest BCUT2D eigenvalue weighted by Gasteiger charge is 2.16. The van der Waals surface area contributed by atoms with Crippen LogP contribution in [0, 0.1) is 0 Å². The molecule has 2 heteroatoms. The van der Waals surface area contributed by atoms with Crippen LogP contribution in [0.4, 0.5) is 0 Å². The Kier molecular flexibility index (Phi) is 18.5. The van der Waals surface area contributed by atoms with E-state index in [-0.39, 0.29) is 0 Å². The lowest BCUT2D eigenvalue weighted by Gasteiger charge is -2.09. The topological polar surface area (TPSA) is 9.86 Å². The average Bonchev–Trinajstić information content (AvgIpc) is 3.65. The second-order valence-corrected chi connectivity index (χ2v) is 16.4. The maximum absolute atomic E-state index is 2.64. The third kappa shape index (κ3) is 12.1. The first-order chi connectivity index (χ1) is 25.8. The first kappa shape index (κ1) is 40.4. The van der Waals surface area contributed by atoms with E-state index in [0.717, 1.165) is 13.1 Å². The van der Waals surface area contributed by atoms with Crippen molar-refractivity contribution in [1.29, 1.82) is 0 Å². The van der Waals surface area contributed by atoms with Gasteiger partial charge >= 0.3 is 0 Å². The molecule has 0 N–H and O–H groups in total. The van der Waals surface area contributed by atoms with Gasteiger partial charge in [-0.15, -0.1) is 0 Å². The third-order valence-corrected chi connectivity index (χ3v) is 12.1. The molecule has 3 aromatic carbocycles. The molecular weight excluding hydrogens is 629 g/mol. The van der Waals surface area contributed by atoms with Gasteiger partial charge in [0.05, 0.1) is 0 Å². The number of para-hydroxylation sites is 2. The summed E-state index contributed by atoms with van der Waals surface area (Å²) >= 11 is 0. The summed E-state index contributed by atoms with van der Waals surface area (Å²) in [4.78, 5) is 0. The van der Waals surface area contributed by atoms with Crippen molar-refractivity contribution in [3.63, 3.8) is 0 Å². The van der Waals surface area contributed by atoms with Crippen molar-refractivity contribution in [2.75, 3.05) is 0 Å². The molecule has 0 aliphatic heterocycles. The smallest absolute Gasteiger partial charge is 0.0499 e. The molecule has 0 aliphatic rings. The summed E-state index contributed by atoms with van der Waals surface area (Å²) < 4.78 is 5.29. The minimum Gasteiger partial charge on any atom is -0.340 e. The number of nitrogens with zero attached hydrogens (tertiary/aromatic N) is 2. The molecule has 5 aromatic rings. The number of unbranched alkanes of at least 4 members (excludes halogenated alkanes) is 26. The van der Waals surface area contributed by atoms with Gasteiger partial charge in [0, 0.05) is 56.7 Å². The molecule has 0 bridgehead atoms. The quantitative estimate of drug-likeness (QED) is 0.0421. The standard InChI is InChI=1S/C50H76N2/c1-3-5-7-9-11-13-15-17-19-21-23-25-27-33-39-51-47-37-31-29-35-43(47)45-42-50-46(41-49(45)51)44-36-30-32-38-48(44)52(50)40-34-28-26-24-22-20-18-16-14-12-10-8-6-4-2/h29-32,35-38,41-42H,3-28,33-34,39-40H2,1-2H3. The van der Waals surface area contributed by atoms with Crippen LogP contribution in [0.15, 0.2) is 60.7 Å². The zero-order chi connectivity index (χ0) is 36.1. The highest BCUT2D eigenvalue weighted by atomic mass is 15.0. The third-order valence-electron chi connectivity index (χ3n) is 12.1. The van der Waals surface area contributed by atoms with Crippen LogP contribution in [0.2, 0.25) is 0 Å². The van der Waals surface area contributed by atoms with Gasteiger partial charge in [0.15, 0.2) is 0 Å². The largest absolute Gasteiger partial charge is 0.340 e. The van der Waals surface area contributed by atoms with E-state index >= 15 is 0 Å². The van der Waals surface area contributed by atoms with Crippen LogP contribution in [-0.4, -0.2) is 9.13 Å². The van der Waals surface area contributed by atoms with Crippen molar-refractivity contribution in [3.05, 3.63) is 60.7 Å². The van der Waals surface area contributed by atoms with Gasteiger partial charge in [0.25, 0.3) is 0 Å². The van der Waals surface area contributed by atoms with Crippen molar-refractivity contribution >= 4 is 43.6 Å². The Morgan fingerprint density at radius 3 is 0.865 bits per heavy atom. The second-order valence-electron chi connectivity index (χ2n) is 16.4. The normalized spacial score (nSPS) is 12.0. The van der Waals surface area contributed by atoms with Gasteiger partial charge in [0.1, 0.15) is 0 Å². The lowest BCUT2D eigenvalue weighted by Crippen LogP contribution is -1.99. The molecule has 0 unspecified atom stereocenters. The maximum atomic E-state index is 2.64. The van der Waals surface area contributed by atoms with E-state index in [2.05, 4.69) is 83.6 Å². The van der Waals surface area contributed by atoms with Crippen LogP contribution in [0.5, 0.6) is 0 Å². The van der Waals surface area contributed by atoms with Gasteiger partial charge < -0.3 is 9.13 Å². The second kappa shape index (κ2) is 23.8. The first-order valence-electron chi connectivity index (χ1n) is 22.8. The van der Waals surface area contributed by atoms with E-state index in [9.17, 15) is 0 Å². The molecule has 5 rings (SSSR count). The van der Waals surface area contributed by atoms with Crippen LogP contribution < -0.4 is 0 Å². The molecule has 286 valence electrons. The van der Waals surface area contributed by atoms with Crippen molar-refractivity contribution < 1.29 is 0 Å². The molecule has 0 saturated heterocycles. The van der Waals surface area contributed by atoms with Crippen LogP contribution in [-0.2, 0) is 13.1 Å². The number of benzene rings is 3. The van der Waals surface area contributed by atoms with Gasteiger partial charge in [0.2, 0.25) is 0 Å². The Hall–Kier alpha value is -2.74. The Morgan fingerprint density at radius 2 is 0.558 bits per heavy atom. The number of fused-ring (bicyclic) bond motifs is 6. The van der Waals surface area contributed by atoms with E-state index in [0.29, 0.717) is 0 Å². The summed E-state index contributed by atoms with van der Waals surface area (Å²) in [6.07, 6.45) is 39.5. The summed E-state index contributed by atoms with van der Waals surface area (Å²) in [5.41, 5.74) is 5.65. The summed E-state index contributed by atoms with van der Waals surface area (Å²) in [7, 11) is 0. The van der Waals surface area contributed by atoms with Gasteiger partial charge in [-0.25, -0.2) is 0 Å². The van der Waals surface area contributed by atoms with Gasteiger partial charge in [-0.3, -0.25) is 0 Å². The fourth-order valence-corrected chi connectivity index (χ4v) is 9.00. The van der Waals surface area contributed by atoms with Crippen molar-refractivity contribution in [2.24, 2.45) is 0 Å². The minimum absolute atomic E-state index is 1.12. The fraction of sp³-hybridized carbons (Fsp3) is 0.640. The monoisotopic (exact) mass is 705 g/mol. The molecular formula is C50H76N2. The maximum Gasteiger partial charge on any atom is 0.0499 e. The number of hydrogen-bond donors (Lipinski definition) is 0. The highest BCUT2D eigenvalue weighted by Crippen LogP contribution is 2.37. The van der Waals surface area contributed by atoms with Gasteiger partial charge in [-0.1, -0.05) is 217 Å². The summed E-state index contributed by atoms with van der Waals surface area (Å²) in [6, 6.07) is 23.4. The van der Waals surface area contributed by atoms with E-state index in [1.54, 1.807) is 0 Å². The van der Waals surface area contributed by atoms with Crippen LogP contribution in [0.25, 0.3) is 43.6 Å². The van der Waals surface area contributed by atoms with Crippen molar-refractivity contribution in [3.8, 4) is 0 Å². The van der Waals surface area contributed by atoms with Gasteiger partial charge in [-0.2, -0.15) is 0 Å². The van der Waals surface area contributed by atoms with Crippen molar-refractivity contribution in [1.82, 2.24) is 9.13 Å². The predicted octanol–water partition coefficient (Wildman–Crippen LogP) is 16.9. The summed E-state index contributed by atoms with van der Waals surface area (Å²) in [5, 5.41) is 5.69. The molecule has 0 radical (unpaired) electrons. The number of aromatic nitrogens is 2. The fourth-order valence-electron chi connectivity index (χ4n) is 9.00. The molecule has 52 heavy (non-hydrogen) atoms. The van der Waals surface area contributed by atoms with Crippen LogP contribution in [0.1, 0.15) is 194 Å². The Bertz CT molecular complexity index is 1560. The Labute approximate surface area is 319 Å². The predicted molar refractivity (Wildman–Crippen MR) is 233 cm³/mol. The van der Waals surface area contributed by atoms with Crippen LogP contribution in [0.3, 0.4) is 0 Å². The Morgan fingerprint density at radius 1 is 0.288 bits per heavy atom. The van der Waals surface area contributed by atoms with Crippen LogP contribution >= 0.6 is 0 Å². The number of rotatable bonds is 30. The van der Waals surface area contributed by atoms with Gasteiger partial charge in [-0.05, 0) is 37.1 Å². The molecule has 2 nitrogen and oxygen atoms in total. The number of hydrogen-bond acceptors (Lipinski definition) is 0. The summed E-state index contributed by atoms with van der Waals surface area (Å²) in [6.45, 7) is 6.85. The molecule has 2 aromatic heterocycles. The summed E-state index contributed by atoms with van der Waals surface area (Å²) in [5.74, 6) is 0. The average molecular weight is 705 g/mol. The molecule has 0 fully saturated rings. The minimum atomic E-state index is 1.12. The van der Waals surface area contributed by atoms with E-state index in [1.807, 2.05) is 0 Å².